The van der Waals surface area contributed by atoms with Crippen molar-refractivity contribution in [1.29, 1.82) is 0 Å². The van der Waals surface area contributed by atoms with Gasteiger partial charge in [0.05, 0.1) is 16.5 Å². The van der Waals surface area contributed by atoms with Crippen molar-refractivity contribution in [2.24, 2.45) is 5.41 Å². The van der Waals surface area contributed by atoms with E-state index < -0.39 is 23.2 Å². The minimum Gasteiger partial charge on any atom is -0.329 e. The zero-order valence-electron chi connectivity index (χ0n) is 13.8. The summed E-state index contributed by atoms with van der Waals surface area (Å²) in [6.07, 6.45) is 0.381. The van der Waals surface area contributed by atoms with Crippen LogP contribution in [0.15, 0.2) is 48.5 Å². The second-order valence-corrected chi connectivity index (χ2v) is 6.95. The lowest BCUT2D eigenvalue weighted by Crippen LogP contribution is -2.39. The van der Waals surface area contributed by atoms with Gasteiger partial charge in [-0.15, -0.1) is 0 Å². The molecule has 2 aromatic carbocycles. The molecule has 0 atom stereocenters. The van der Waals surface area contributed by atoms with Crippen LogP contribution in [0.25, 0.3) is 0 Å². The molecule has 0 bridgehead atoms. The van der Waals surface area contributed by atoms with Gasteiger partial charge < -0.3 is 4.84 Å². The molecule has 0 aliphatic carbocycles. The van der Waals surface area contributed by atoms with Gasteiger partial charge in [-0.1, -0.05) is 40.9 Å². The molecule has 0 aromatic heterocycles. The van der Waals surface area contributed by atoms with E-state index in [9.17, 15) is 14.4 Å². The van der Waals surface area contributed by atoms with Gasteiger partial charge in [-0.3, -0.25) is 9.59 Å². The number of carbonyl (C=O) groups is 3. The Labute approximate surface area is 150 Å². The summed E-state index contributed by atoms with van der Waals surface area (Å²) in [5.41, 5.74) is 0.434. The maximum Gasteiger partial charge on any atom is 0.339 e. The Balaban J connectivity index is 1.74. The fourth-order valence-electron chi connectivity index (χ4n) is 2.64. The average Bonchev–Trinajstić information content (AvgIpc) is 2.82. The van der Waals surface area contributed by atoms with E-state index in [1.165, 1.54) is 12.1 Å². The Morgan fingerprint density at radius 2 is 1.52 bits per heavy atom. The fourth-order valence-corrected chi connectivity index (χ4v) is 2.77. The van der Waals surface area contributed by atoms with Gasteiger partial charge in [0.1, 0.15) is 0 Å². The van der Waals surface area contributed by atoms with Crippen LogP contribution in [0.5, 0.6) is 0 Å². The summed E-state index contributed by atoms with van der Waals surface area (Å²) >= 11 is 5.86. The van der Waals surface area contributed by atoms with Crippen molar-refractivity contribution in [2.75, 3.05) is 0 Å². The molecule has 0 unspecified atom stereocenters. The summed E-state index contributed by atoms with van der Waals surface area (Å²) in [6, 6.07) is 13.5. The Bertz CT molecular complexity index is 823. The first-order chi connectivity index (χ1) is 11.8. The summed E-state index contributed by atoms with van der Waals surface area (Å²) in [6.45, 7) is 3.39. The normalized spacial score (nSPS) is 13.8. The fraction of sp³-hybridized carbons (Fsp3) is 0.211. The summed E-state index contributed by atoms with van der Waals surface area (Å²) in [5, 5.41) is 1.14. The van der Waals surface area contributed by atoms with Gasteiger partial charge >= 0.3 is 5.97 Å². The predicted molar refractivity (Wildman–Crippen MR) is 92.0 cm³/mol. The second-order valence-electron chi connectivity index (χ2n) is 6.52. The number of hydrogen-bond donors (Lipinski definition) is 0. The number of halogens is 1. The Hall–Kier alpha value is -2.66. The van der Waals surface area contributed by atoms with E-state index in [1.54, 1.807) is 38.1 Å². The summed E-state index contributed by atoms with van der Waals surface area (Å²) in [7, 11) is 0. The Morgan fingerprint density at radius 1 is 1.00 bits per heavy atom. The maximum atomic E-state index is 12.5. The van der Waals surface area contributed by atoms with E-state index in [1.807, 2.05) is 12.1 Å². The molecule has 6 heteroatoms. The van der Waals surface area contributed by atoms with Crippen molar-refractivity contribution < 1.29 is 19.2 Å². The minimum absolute atomic E-state index is 0.232. The number of hydroxylamine groups is 2. The van der Waals surface area contributed by atoms with E-state index in [2.05, 4.69) is 0 Å². The standard InChI is InChI=1S/C19H16ClNO4/c1-19(2,11-12-7-9-13(20)10-8-12)18(24)25-21-16(22)14-5-3-4-6-15(14)17(21)23/h3-10H,11H2,1-2H3. The molecule has 0 fully saturated rings. The molecule has 0 saturated heterocycles. The van der Waals surface area contributed by atoms with E-state index in [0.717, 1.165) is 5.56 Å². The zero-order chi connectivity index (χ0) is 18.2. The number of imide groups is 1. The molecule has 0 N–H and O–H groups in total. The molecule has 0 saturated carbocycles. The molecule has 0 radical (unpaired) electrons. The van der Waals surface area contributed by atoms with Gasteiger partial charge in [-0.2, -0.15) is 0 Å². The van der Waals surface area contributed by atoms with Crippen LogP contribution in [0.3, 0.4) is 0 Å². The molecular formula is C19H16ClNO4. The van der Waals surface area contributed by atoms with E-state index in [0.29, 0.717) is 16.5 Å². The second kappa shape index (κ2) is 6.33. The molecule has 1 heterocycles. The van der Waals surface area contributed by atoms with Crippen molar-refractivity contribution in [1.82, 2.24) is 5.06 Å². The molecule has 2 aromatic rings. The number of fused-ring (bicyclic) bond motifs is 1. The highest BCUT2D eigenvalue weighted by Crippen LogP contribution is 2.28. The third-order valence-corrected chi connectivity index (χ3v) is 4.29. The SMILES string of the molecule is CC(C)(Cc1ccc(Cl)cc1)C(=O)ON1C(=O)c2ccccc2C1=O. The van der Waals surface area contributed by atoms with Crippen LogP contribution in [0, 0.1) is 5.41 Å². The van der Waals surface area contributed by atoms with Crippen LogP contribution < -0.4 is 0 Å². The van der Waals surface area contributed by atoms with Gasteiger partial charge in [0.15, 0.2) is 0 Å². The van der Waals surface area contributed by atoms with E-state index in [-0.39, 0.29) is 11.1 Å². The molecule has 1 aliphatic rings. The molecule has 3 rings (SSSR count). The third kappa shape index (κ3) is 3.28. The minimum atomic E-state index is -0.927. The van der Waals surface area contributed by atoms with Crippen molar-refractivity contribution in [3.63, 3.8) is 0 Å². The van der Waals surface area contributed by atoms with Gasteiger partial charge in [-0.25, -0.2) is 4.79 Å². The average molecular weight is 358 g/mol. The maximum absolute atomic E-state index is 12.5. The largest absolute Gasteiger partial charge is 0.339 e. The summed E-state index contributed by atoms with van der Waals surface area (Å²) < 4.78 is 0. The first kappa shape index (κ1) is 17.2. The van der Waals surface area contributed by atoms with Gasteiger partial charge in [0.2, 0.25) is 0 Å². The number of rotatable bonds is 4. The van der Waals surface area contributed by atoms with Crippen LogP contribution in [0.4, 0.5) is 0 Å². The highest BCUT2D eigenvalue weighted by molar-refractivity contribution is 6.30. The highest BCUT2D eigenvalue weighted by Gasteiger charge is 2.41. The number of benzene rings is 2. The molecule has 0 spiro atoms. The van der Waals surface area contributed by atoms with Crippen molar-refractivity contribution in [3.05, 3.63) is 70.2 Å². The molecule has 25 heavy (non-hydrogen) atoms. The predicted octanol–water partition coefficient (Wildman–Crippen LogP) is 3.66. The van der Waals surface area contributed by atoms with Crippen LogP contribution >= 0.6 is 11.6 Å². The summed E-state index contributed by atoms with van der Waals surface area (Å²) in [5.74, 6) is -1.91. The summed E-state index contributed by atoms with van der Waals surface area (Å²) in [4.78, 5) is 42.2. The third-order valence-electron chi connectivity index (χ3n) is 4.04. The van der Waals surface area contributed by atoms with Gasteiger partial charge in [0, 0.05) is 5.02 Å². The molecule has 1 aliphatic heterocycles. The van der Waals surface area contributed by atoms with Crippen LogP contribution in [-0.4, -0.2) is 22.8 Å². The van der Waals surface area contributed by atoms with Gasteiger partial charge in [-0.05, 0) is 50.1 Å². The lowest BCUT2D eigenvalue weighted by molar-refractivity contribution is -0.179. The number of hydrogen-bond acceptors (Lipinski definition) is 4. The van der Waals surface area contributed by atoms with Gasteiger partial charge in [0.25, 0.3) is 11.8 Å². The lowest BCUT2D eigenvalue weighted by atomic mass is 9.86. The lowest BCUT2D eigenvalue weighted by Gasteiger charge is -2.24. The first-order valence-corrected chi connectivity index (χ1v) is 8.12. The van der Waals surface area contributed by atoms with Crippen LogP contribution in [0.1, 0.15) is 40.1 Å². The number of nitrogens with zero attached hydrogens (tertiary/aromatic N) is 1. The molecule has 128 valence electrons. The van der Waals surface area contributed by atoms with Crippen molar-refractivity contribution in [3.8, 4) is 0 Å². The van der Waals surface area contributed by atoms with Crippen molar-refractivity contribution in [2.45, 2.75) is 20.3 Å². The molecule has 2 amide bonds. The smallest absolute Gasteiger partial charge is 0.329 e. The Morgan fingerprint density at radius 3 is 2.04 bits per heavy atom. The zero-order valence-corrected chi connectivity index (χ0v) is 14.5. The van der Waals surface area contributed by atoms with E-state index in [4.69, 9.17) is 16.4 Å². The van der Waals surface area contributed by atoms with E-state index >= 15 is 0 Å². The number of carbonyl (C=O) groups excluding carboxylic acids is 3. The van der Waals surface area contributed by atoms with Crippen LogP contribution in [0.2, 0.25) is 5.02 Å². The van der Waals surface area contributed by atoms with Crippen molar-refractivity contribution >= 4 is 29.4 Å². The quantitative estimate of drug-likeness (QED) is 0.783. The number of amides is 2. The Kier molecular flexibility index (Phi) is 4.35. The molecule has 5 nitrogen and oxygen atoms in total. The topological polar surface area (TPSA) is 63.7 Å². The first-order valence-electron chi connectivity index (χ1n) is 7.74. The highest BCUT2D eigenvalue weighted by atomic mass is 35.5. The molecular weight excluding hydrogens is 342 g/mol. The van der Waals surface area contributed by atoms with Crippen LogP contribution in [-0.2, 0) is 16.1 Å². The monoisotopic (exact) mass is 357 g/mol.